The van der Waals surface area contributed by atoms with E-state index in [4.69, 9.17) is 4.74 Å². The van der Waals surface area contributed by atoms with Crippen molar-refractivity contribution >= 4 is 17.8 Å². The van der Waals surface area contributed by atoms with Gasteiger partial charge in [0.2, 0.25) is 0 Å². The number of likely N-dealkylation sites (N-methyl/N-ethyl adjacent to an activating group) is 1. The first-order chi connectivity index (χ1) is 11.4. The van der Waals surface area contributed by atoms with Crippen LogP contribution in [0.1, 0.15) is 59.8 Å². The lowest BCUT2D eigenvalue weighted by Crippen LogP contribution is -2.49. The number of hydrogen-bond acceptors (Lipinski definition) is 4. The number of nitrogens with one attached hydrogen (secondary N) is 1. The second-order valence-electron chi connectivity index (χ2n) is 7.10. The highest BCUT2D eigenvalue weighted by atomic mass is 16.5. The van der Waals surface area contributed by atoms with E-state index in [1.165, 1.54) is 12.0 Å². The lowest BCUT2D eigenvalue weighted by molar-refractivity contribution is 0.0588. The van der Waals surface area contributed by atoms with Crippen LogP contribution in [0.25, 0.3) is 0 Å². The molecule has 0 radical (unpaired) electrons. The Labute approximate surface area is 149 Å². The Morgan fingerprint density at radius 2 is 1.76 bits per heavy atom. The standard InChI is InChI=1S/C18H29N3O4/c1-9-21(17(24)19-18(4,5)6)10-13(22)14-11(2)15(16(23)25-8)20(7)12(14)3/h9-10H2,1-8H3,(H,19,24). The fourth-order valence-corrected chi connectivity index (χ4v) is 2.75. The Balaban J connectivity index is 3.12. The van der Waals surface area contributed by atoms with Crippen molar-refractivity contribution in [2.75, 3.05) is 20.2 Å². The molecule has 140 valence electrons. The lowest BCUT2D eigenvalue weighted by Gasteiger charge is -2.27. The van der Waals surface area contributed by atoms with E-state index in [9.17, 15) is 14.4 Å². The summed E-state index contributed by atoms with van der Waals surface area (Å²) >= 11 is 0. The van der Waals surface area contributed by atoms with Gasteiger partial charge >= 0.3 is 12.0 Å². The molecule has 0 saturated carbocycles. The summed E-state index contributed by atoms with van der Waals surface area (Å²) in [6.07, 6.45) is 0. The van der Waals surface area contributed by atoms with Crippen LogP contribution in [0.5, 0.6) is 0 Å². The number of carbonyl (C=O) groups excluding carboxylic acids is 3. The molecule has 0 fully saturated rings. The zero-order valence-electron chi connectivity index (χ0n) is 16.4. The van der Waals surface area contributed by atoms with Gasteiger partial charge in [-0.2, -0.15) is 0 Å². The van der Waals surface area contributed by atoms with Crippen LogP contribution in [-0.4, -0.2) is 53.0 Å². The van der Waals surface area contributed by atoms with Gasteiger partial charge in [0, 0.05) is 30.4 Å². The molecule has 2 amide bonds. The average molecular weight is 351 g/mol. The van der Waals surface area contributed by atoms with Gasteiger partial charge < -0.3 is 19.5 Å². The third-order valence-electron chi connectivity index (χ3n) is 4.07. The molecule has 25 heavy (non-hydrogen) atoms. The zero-order valence-corrected chi connectivity index (χ0v) is 16.4. The smallest absolute Gasteiger partial charge is 0.354 e. The molecule has 7 heteroatoms. The highest BCUT2D eigenvalue weighted by Crippen LogP contribution is 2.22. The molecule has 0 aliphatic rings. The number of urea groups is 1. The van der Waals surface area contributed by atoms with Crippen LogP contribution in [0.4, 0.5) is 4.79 Å². The Hall–Kier alpha value is -2.31. The molecule has 0 aromatic carbocycles. The van der Waals surface area contributed by atoms with Crippen LogP contribution in [0.2, 0.25) is 0 Å². The highest BCUT2D eigenvalue weighted by molar-refractivity contribution is 6.04. The van der Waals surface area contributed by atoms with E-state index in [1.54, 1.807) is 25.5 Å². The summed E-state index contributed by atoms with van der Waals surface area (Å²) < 4.78 is 6.45. The van der Waals surface area contributed by atoms with E-state index in [1.807, 2.05) is 27.7 Å². The lowest BCUT2D eigenvalue weighted by atomic mass is 10.1. The van der Waals surface area contributed by atoms with Gasteiger partial charge in [-0.3, -0.25) is 4.79 Å². The minimum Gasteiger partial charge on any atom is -0.464 e. The maximum atomic E-state index is 12.8. The summed E-state index contributed by atoms with van der Waals surface area (Å²) in [5.41, 5.74) is 1.68. The number of methoxy groups -OCH3 is 1. The van der Waals surface area contributed by atoms with Gasteiger partial charge in [-0.1, -0.05) is 0 Å². The molecule has 1 aromatic rings. The SMILES string of the molecule is CCN(CC(=O)c1c(C)c(C(=O)OC)n(C)c1C)C(=O)NC(C)(C)C. The second-order valence-corrected chi connectivity index (χ2v) is 7.10. The number of hydrogen-bond donors (Lipinski definition) is 1. The molecule has 0 aliphatic carbocycles. The summed E-state index contributed by atoms with van der Waals surface area (Å²) in [7, 11) is 3.02. The first kappa shape index (κ1) is 20.7. The predicted octanol–water partition coefficient (Wildman–Crippen LogP) is 2.44. The first-order valence-corrected chi connectivity index (χ1v) is 8.29. The number of Topliss-reactive ketones (excluding diaryl/α,β-unsaturated/α-hetero) is 1. The monoisotopic (exact) mass is 351 g/mol. The van der Waals surface area contributed by atoms with E-state index < -0.39 is 5.97 Å². The normalized spacial score (nSPS) is 11.2. The van der Waals surface area contributed by atoms with Crippen LogP contribution in [0, 0.1) is 13.8 Å². The third kappa shape index (κ3) is 4.61. The van der Waals surface area contributed by atoms with Gasteiger partial charge in [-0.15, -0.1) is 0 Å². The van der Waals surface area contributed by atoms with Crippen LogP contribution >= 0.6 is 0 Å². The molecule has 1 heterocycles. The Kier molecular flexibility index (Phi) is 6.40. The minimum atomic E-state index is -0.486. The fraction of sp³-hybridized carbons (Fsp3) is 0.611. The molecular weight excluding hydrogens is 322 g/mol. The number of ether oxygens (including phenoxy) is 1. The summed E-state index contributed by atoms with van der Waals surface area (Å²) in [6.45, 7) is 11.3. The van der Waals surface area contributed by atoms with Gasteiger partial charge in [0.1, 0.15) is 5.69 Å². The van der Waals surface area contributed by atoms with Crippen molar-refractivity contribution in [2.45, 2.75) is 47.1 Å². The van der Waals surface area contributed by atoms with Crippen molar-refractivity contribution in [1.82, 2.24) is 14.8 Å². The highest BCUT2D eigenvalue weighted by Gasteiger charge is 2.27. The molecule has 1 N–H and O–H groups in total. The minimum absolute atomic E-state index is 0.0509. The summed E-state index contributed by atoms with van der Waals surface area (Å²) in [4.78, 5) is 38.6. The van der Waals surface area contributed by atoms with Gasteiger partial charge in [0.05, 0.1) is 13.7 Å². The van der Waals surface area contributed by atoms with E-state index in [2.05, 4.69) is 5.32 Å². The van der Waals surface area contributed by atoms with Crippen molar-refractivity contribution < 1.29 is 19.1 Å². The van der Waals surface area contributed by atoms with E-state index in [-0.39, 0.29) is 23.9 Å². The number of aromatic nitrogens is 1. The molecule has 7 nitrogen and oxygen atoms in total. The van der Waals surface area contributed by atoms with Crippen molar-refractivity contribution in [2.24, 2.45) is 7.05 Å². The van der Waals surface area contributed by atoms with Crippen molar-refractivity contribution in [3.8, 4) is 0 Å². The number of ketones is 1. The molecule has 1 aromatic heterocycles. The predicted molar refractivity (Wildman–Crippen MR) is 96.1 cm³/mol. The first-order valence-electron chi connectivity index (χ1n) is 8.29. The van der Waals surface area contributed by atoms with Gasteiger partial charge in [-0.25, -0.2) is 9.59 Å². The van der Waals surface area contributed by atoms with Crippen LogP contribution < -0.4 is 5.32 Å². The third-order valence-corrected chi connectivity index (χ3v) is 4.07. The fourth-order valence-electron chi connectivity index (χ4n) is 2.75. The maximum absolute atomic E-state index is 12.8. The molecule has 0 bridgehead atoms. The topological polar surface area (TPSA) is 80.6 Å². The number of carbonyl (C=O) groups is 3. The number of rotatable bonds is 5. The van der Waals surface area contributed by atoms with Crippen LogP contribution in [0.15, 0.2) is 0 Å². The molecule has 0 spiro atoms. The Morgan fingerprint density at radius 1 is 1.20 bits per heavy atom. The Morgan fingerprint density at radius 3 is 2.20 bits per heavy atom. The van der Waals surface area contributed by atoms with Crippen molar-refractivity contribution in [3.05, 3.63) is 22.5 Å². The Bertz CT molecular complexity index is 683. The molecule has 1 rings (SSSR count). The summed E-state index contributed by atoms with van der Waals surface area (Å²) in [6, 6.07) is -0.289. The quantitative estimate of drug-likeness (QED) is 0.653. The molecule has 0 aliphatic heterocycles. The van der Waals surface area contributed by atoms with Crippen molar-refractivity contribution in [1.29, 1.82) is 0 Å². The van der Waals surface area contributed by atoms with Crippen LogP contribution in [0.3, 0.4) is 0 Å². The van der Waals surface area contributed by atoms with Gasteiger partial charge in [0.15, 0.2) is 5.78 Å². The van der Waals surface area contributed by atoms with Gasteiger partial charge in [0.25, 0.3) is 0 Å². The number of nitrogens with zero attached hydrogens (tertiary/aromatic N) is 2. The average Bonchev–Trinajstić information content (AvgIpc) is 2.72. The van der Waals surface area contributed by atoms with Crippen LogP contribution in [-0.2, 0) is 11.8 Å². The largest absolute Gasteiger partial charge is 0.464 e. The maximum Gasteiger partial charge on any atom is 0.354 e. The van der Waals surface area contributed by atoms with Gasteiger partial charge in [-0.05, 0) is 47.1 Å². The molecular formula is C18H29N3O4. The molecule has 0 saturated heterocycles. The molecule has 0 unspecified atom stereocenters. The number of esters is 1. The van der Waals surface area contributed by atoms with E-state index in [0.717, 1.165) is 0 Å². The number of amides is 2. The molecule has 0 atom stereocenters. The van der Waals surface area contributed by atoms with E-state index >= 15 is 0 Å². The summed E-state index contributed by atoms with van der Waals surface area (Å²) in [5, 5.41) is 2.86. The summed E-state index contributed by atoms with van der Waals surface area (Å²) in [5.74, 6) is -0.688. The second kappa shape index (κ2) is 7.72. The zero-order chi connectivity index (χ0) is 19.5. The van der Waals surface area contributed by atoms with Crippen molar-refractivity contribution in [3.63, 3.8) is 0 Å². The van der Waals surface area contributed by atoms with E-state index in [0.29, 0.717) is 29.1 Å².